The fraction of sp³-hybridized carbons (Fsp3) is 0.222. The van der Waals surface area contributed by atoms with E-state index in [9.17, 15) is 0 Å². The first-order chi connectivity index (χ1) is 16.0. The Morgan fingerprint density at radius 2 is 1.48 bits per heavy atom. The predicted molar refractivity (Wildman–Crippen MR) is 134 cm³/mol. The summed E-state index contributed by atoms with van der Waals surface area (Å²) in [5, 5.41) is 4.77. The van der Waals surface area contributed by atoms with Gasteiger partial charge in [-0.1, -0.05) is 45.0 Å². The second-order valence-electron chi connectivity index (χ2n) is 9.01. The van der Waals surface area contributed by atoms with Crippen LogP contribution >= 0.6 is 0 Å². The summed E-state index contributed by atoms with van der Waals surface area (Å²) >= 11 is 0. The predicted octanol–water partition coefficient (Wildman–Crippen LogP) is 6.35. The summed E-state index contributed by atoms with van der Waals surface area (Å²) < 4.78 is 2.12. The number of nitrogens with zero attached hydrogens (tertiary/aromatic N) is 4. The molecule has 6 rings (SSSR count). The maximum atomic E-state index is 4.80. The second-order valence-corrected chi connectivity index (χ2v) is 9.01. The summed E-state index contributed by atoms with van der Waals surface area (Å²) in [6, 6.07) is 13.3. The van der Waals surface area contributed by atoms with Gasteiger partial charge in [0, 0.05) is 41.3 Å². The van der Waals surface area contributed by atoms with Crippen molar-refractivity contribution in [3.05, 3.63) is 66.8 Å². The smallest absolute Gasteiger partial charge is 0.109 e. The minimum absolute atomic E-state index is 0.364. The van der Waals surface area contributed by atoms with E-state index in [1.807, 2.05) is 18.7 Å². The van der Waals surface area contributed by atoms with Crippen LogP contribution in [0.2, 0.25) is 0 Å². The highest BCUT2D eigenvalue weighted by atomic mass is 15.0. The Morgan fingerprint density at radius 3 is 2.15 bits per heavy atom. The Morgan fingerprint density at radius 1 is 0.818 bits per heavy atom. The molecule has 6 nitrogen and oxygen atoms in total. The van der Waals surface area contributed by atoms with Gasteiger partial charge in [0.25, 0.3) is 0 Å². The van der Waals surface area contributed by atoms with Gasteiger partial charge in [-0.3, -0.25) is 0 Å². The summed E-state index contributed by atoms with van der Waals surface area (Å²) in [6.45, 7) is 6.40. The molecule has 0 fully saturated rings. The summed E-state index contributed by atoms with van der Waals surface area (Å²) in [5.74, 6) is 2.37. The van der Waals surface area contributed by atoms with Crippen LogP contribution in [-0.4, -0.2) is 29.5 Å². The molecule has 0 spiro atoms. The summed E-state index contributed by atoms with van der Waals surface area (Å²) in [7, 11) is 2.06. The summed E-state index contributed by atoms with van der Waals surface area (Å²) in [5.41, 5.74) is 6.48. The summed E-state index contributed by atoms with van der Waals surface area (Å²) in [6.07, 6.45) is 6.64. The van der Waals surface area contributed by atoms with Gasteiger partial charge in [0.05, 0.1) is 41.1 Å². The van der Waals surface area contributed by atoms with Crippen molar-refractivity contribution in [2.24, 2.45) is 7.05 Å². The van der Waals surface area contributed by atoms with Crippen LogP contribution in [0.5, 0.6) is 0 Å². The van der Waals surface area contributed by atoms with E-state index in [0.29, 0.717) is 5.92 Å². The van der Waals surface area contributed by atoms with Crippen molar-refractivity contribution in [1.82, 2.24) is 29.5 Å². The number of H-pyrrole nitrogens is 2. The quantitative estimate of drug-likeness (QED) is 0.318. The lowest BCUT2D eigenvalue weighted by atomic mass is 9.95. The molecule has 6 aromatic rings. The van der Waals surface area contributed by atoms with Gasteiger partial charge >= 0.3 is 0 Å². The lowest BCUT2D eigenvalue weighted by molar-refractivity contribution is 0.795. The Kier molecular flexibility index (Phi) is 4.37. The number of hydrogen-bond acceptors (Lipinski definition) is 3. The average Bonchev–Trinajstić information content (AvgIpc) is 3.58. The van der Waals surface area contributed by atoms with E-state index in [-0.39, 0.29) is 0 Å². The van der Waals surface area contributed by atoms with Gasteiger partial charge in [-0.2, -0.15) is 0 Å². The lowest BCUT2D eigenvalue weighted by Crippen LogP contribution is -1.91. The van der Waals surface area contributed by atoms with Gasteiger partial charge in [-0.25, -0.2) is 15.0 Å². The summed E-state index contributed by atoms with van der Waals surface area (Å²) in [4.78, 5) is 20.7. The van der Waals surface area contributed by atoms with Crippen LogP contribution in [0.3, 0.4) is 0 Å². The number of aryl methyl sites for hydroxylation is 2. The van der Waals surface area contributed by atoms with Gasteiger partial charge in [0.2, 0.25) is 0 Å². The Hall–Kier alpha value is -3.93. The number of benzene rings is 3. The van der Waals surface area contributed by atoms with Gasteiger partial charge in [0.15, 0.2) is 0 Å². The van der Waals surface area contributed by atoms with Crippen molar-refractivity contribution in [3.8, 4) is 22.5 Å². The molecule has 3 aromatic heterocycles. The van der Waals surface area contributed by atoms with Crippen molar-refractivity contribution < 1.29 is 0 Å². The number of imidazole rings is 3. The first-order valence-electron chi connectivity index (χ1n) is 11.4. The molecular formula is C27H26N6. The Balaban J connectivity index is 1.60. The number of rotatable bonds is 4. The van der Waals surface area contributed by atoms with Gasteiger partial charge in [-0.15, -0.1) is 0 Å². The molecule has 0 radical (unpaired) electrons. The third-order valence-corrected chi connectivity index (χ3v) is 6.50. The van der Waals surface area contributed by atoms with Crippen LogP contribution in [-0.2, 0) is 13.5 Å². The highest BCUT2D eigenvalue weighted by Gasteiger charge is 2.15. The molecule has 33 heavy (non-hydrogen) atoms. The monoisotopic (exact) mass is 434 g/mol. The van der Waals surface area contributed by atoms with Crippen LogP contribution in [0.1, 0.15) is 38.3 Å². The number of hydrogen-bond donors (Lipinski definition) is 2. The normalized spacial score (nSPS) is 12.0. The molecule has 6 heteroatoms. The van der Waals surface area contributed by atoms with Gasteiger partial charge in [0.1, 0.15) is 11.6 Å². The molecule has 0 aliphatic heterocycles. The van der Waals surface area contributed by atoms with Crippen molar-refractivity contribution in [1.29, 1.82) is 0 Å². The van der Waals surface area contributed by atoms with E-state index in [2.05, 4.69) is 88.7 Å². The lowest BCUT2D eigenvalue weighted by Gasteiger charge is -2.11. The average molecular weight is 435 g/mol. The van der Waals surface area contributed by atoms with Crippen LogP contribution in [0, 0.1) is 0 Å². The molecule has 0 aliphatic carbocycles. The maximum Gasteiger partial charge on any atom is 0.109 e. The molecule has 0 atom stereocenters. The van der Waals surface area contributed by atoms with E-state index in [4.69, 9.17) is 4.98 Å². The van der Waals surface area contributed by atoms with Crippen LogP contribution in [0.15, 0.2) is 55.1 Å². The molecule has 0 unspecified atom stereocenters. The molecule has 0 saturated carbocycles. The standard InChI is InChI=1S/C27H26N6/c1-5-24-28-12-22(31-24)17-7-9-19-18-8-6-16(23-13-29-27(32-23)15(2)3)10-20(18)25-26(21(19)11-17)33(4)14-30-25/h6-15H,5H2,1-4H3,(H,28,31)(H,29,32). The minimum Gasteiger partial charge on any atom is -0.342 e. The zero-order valence-electron chi connectivity index (χ0n) is 19.3. The van der Waals surface area contributed by atoms with Crippen molar-refractivity contribution >= 4 is 32.6 Å². The molecule has 164 valence electrons. The molecule has 0 amide bonds. The Labute approximate surface area is 191 Å². The van der Waals surface area contributed by atoms with E-state index in [0.717, 1.165) is 57.0 Å². The topological polar surface area (TPSA) is 75.2 Å². The zero-order chi connectivity index (χ0) is 22.7. The van der Waals surface area contributed by atoms with Crippen molar-refractivity contribution in [3.63, 3.8) is 0 Å². The van der Waals surface area contributed by atoms with E-state index >= 15 is 0 Å². The molecule has 0 aliphatic rings. The highest BCUT2D eigenvalue weighted by Crippen LogP contribution is 2.38. The second kappa shape index (κ2) is 7.30. The first kappa shape index (κ1) is 19.7. The van der Waals surface area contributed by atoms with E-state index in [1.54, 1.807) is 0 Å². The number of nitrogens with one attached hydrogen (secondary N) is 2. The number of fused-ring (bicyclic) bond motifs is 6. The molecular weight excluding hydrogens is 408 g/mol. The molecule has 0 bridgehead atoms. The fourth-order valence-corrected chi connectivity index (χ4v) is 4.70. The van der Waals surface area contributed by atoms with Crippen molar-refractivity contribution in [2.45, 2.75) is 33.1 Å². The Bertz CT molecular complexity index is 1650. The molecule has 3 aromatic carbocycles. The highest BCUT2D eigenvalue weighted by molar-refractivity contribution is 6.24. The largest absolute Gasteiger partial charge is 0.342 e. The fourth-order valence-electron chi connectivity index (χ4n) is 4.70. The zero-order valence-corrected chi connectivity index (χ0v) is 19.3. The number of aromatic nitrogens is 6. The van der Waals surface area contributed by atoms with Crippen LogP contribution in [0.25, 0.3) is 55.1 Å². The van der Waals surface area contributed by atoms with E-state index in [1.165, 1.54) is 16.2 Å². The SMILES string of the molecule is CCc1ncc(-c2ccc3c4ccc(-c5cnc(C(C)C)[nH]5)cc4c4ncn(C)c4c3c2)[nH]1. The van der Waals surface area contributed by atoms with Crippen LogP contribution < -0.4 is 0 Å². The van der Waals surface area contributed by atoms with Gasteiger partial charge < -0.3 is 14.5 Å². The first-order valence-corrected chi connectivity index (χ1v) is 11.4. The van der Waals surface area contributed by atoms with Crippen molar-refractivity contribution in [2.75, 3.05) is 0 Å². The minimum atomic E-state index is 0.364. The number of aromatic amines is 2. The maximum absolute atomic E-state index is 4.80. The van der Waals surface area contributed by atoms with Crippen LogP contribution in [0.4, 0.5) is 0 Å². The van der Waals surface area contributed by atoms with Gasteiger partial charge in [-0.05, 0) is 22.9 Å². The van der Waals surface area contributed by atoms with E-state index < -0.39 is 0 Å². The molecule has 3 heterocycles. The third-order valence-electron chi connectivity index (χ3n) is 6.50. The third kappa shape index (κ3) is 3.05. The molecule has 2 N–H and O–H groups in total. The molecule has 0 saturated heterocycles.